The first-order valence-electron chi connectivity index (χ1n) is 10.0. The molecule has 25 heavy (non-hydrogen) atoms. The molecule has 136 valence electrons. The molecule has 2 aliphatic carbocycles. The number of hydrogen-bond donors (Lipinski definition) is 0. The summed E-state index contributed by atoms with van der Waals surface area (Å²) in [5.41, 5.74) is 2.63. The minimum absolute atomic E-state index is 0.468. The van der Waals surface area contributed by atoms with Crippen molar-refractivity contribution in [1.82, 2.24) is 4.90 Å². The van der Waals surface area contributed by atoms with Gasteiger partial charge in [0.1, 0.15) is 0 Å². The molecule has 0 radical (unpaired) electrons. The Hall–Kier alpha value is -0.230. The Morgan fingerprint density at radius 3 is 2.68 bits per heavy atom. The van der Waals surface area contributed by atoms with Crippen molar-refractivity contribution in [2.45, 2.75) is 81.9 Å². The van der Waals surface area contributed by atoms with Crippen LogP contribution in [0.25, 0.3) is 0 Å². The van der Waals surface area contributed by atoms with Gasteiger partial charge in [-0.3, -0.25) is 0 Å². The van der Waals surface area contributed by atoms with Crippen LogP contribution in [0.15, 0.2) is 23.2 Å². The van der Waals surface area contributed by atoms with Crippen LogP contribution < -0.4 is 0 Å². The molecule has 0 bridgehead atoms. The molecule has 1 aromatic carbocycles. The lowest BCUT2D eigenvalue weighted by molar-refractivity contribution is 0.301. The fourth-order valence-corrected chi connectivity index (χ4v) is 6.88. The van der Waals surface area contributed by atoms with E-state index < -0.39 is 0 Å². The SMILES string of the molecule is CCCc1cc(I)ccc1/N=C1\SC2(CCCC2)CN1C1CCCC1. The van der Waals surface area contributed by atoms with Crippen LogP contribution in [0.4, 0.5) is 5.69 Å². The largest absolute Gasteiger partial charge is 0.347 e. The van der Waals surface area contributed by atoms with Gasteiger partial charge in [-0.05, 0) is 78.5 Å². The molecule has 0 aromatic heterocycles. The third-order valence-electron chi connectivity index (χ3n) is 6.07. The van der Waals surface area contributed by atoms with Gasteiger partial charge in [0.25, 0.3) is 0 Å². The molecule has 2 nitrogen and oxygen atoms in total. The lowest BCUT2D eigenvalue weighted by Gasteiger charge is -2.27. The predicted octanol–water partition coefficient (Wildman–Crippen LogP) is 6.54. The molecule has 0 atom stereocenters. The standard InChI is InChI=1S/C21H29IN2S/c1-2-7-16-14-17(22)10-11-19(16)23-20-24(18-8-3-4-9-18)15-21(25-20)12-5-6-13-21/h10-11,14,18H,2-9,12-13,15H2,1H3/b23-20-. The van der Waals surface area contributed by atoms with E-state index in [1.165, 1.54) is 84.3 Å². The summed E-state index contributed by atoms with van der Waals surface area (Å²) in [7, 11) is 0. The molecule has 3 aliphatic rings. The number of rotatable bonds is 4. The van der Waals surface area contributed by atoms with E-state index in [4.69, 9.17) is 4.99 Å². The Labute approximate surface area is 170 Å². The van der Waals surface area contributed by atoms with Gasteiger partial charge in [-0.1, -0.05) is 50.8 Å². The summed E-state index contributed by atoms with van der Waals surface area (Å²) in [5, 5.41) is 1.33. The summed E-state index contributed by atoms with van der Waals surface area (Å²) in [6.07, 6.45) is 13.4. The van der Waals surface area contributed by atoms with Crippen molar-refractivity contribution in [2.24, 2.45) is 4.99 Å². The lowest BCUT2D eigenvalue weighted by Crippen LogP contribution is -2.37. The van der Waals surface area contributed by atoms with Gasteiger partial charge in [0.2, 0.25) is 0 Å². The second-order valence-corrected chi connectivity index (χ2v) is 10.7. The molecule has 0 amide bonds. The van der Waals surface area contributed by atoms with Gasteiger partial charge in [-0.25, -0.2) is 4.99 Å². The fraction of sp³-hybridized carbons (Fsp3) is 0.667. The number of hydrogen-bond acceptors (Lipinski definition) is 2. The molecule has 2 saturated carbocycles. The van der Waals surface area contributed by atoms with Crippen molar-refractivity contribution in [3.63, 3.8) is 0 Å². The monoisotopic (exact) mass is 468 g/mol. The van der Waals surface area contributed by atoms with Crippen LogP contribution in [0, 0.1) is 3.57 Å². The molecule has 0 N–H and O–H groups in total. The fourth-order valence-electron chi connectivity index (χ4n) is 4.77. The van der Waals surface area contributed by atoms with Gasteiger partial charge in [-0.15, -0.1) is 0 Å². The first kappa shape index (κ1) is 18.1. The summed E-state index contributed by atoms with van der Waals surface area (Å²) < 4.78 is 1.79. The van der Waals surface area contributed by atoms with Crippen LogP contribution in [-0.2, 0) is 6.42 Å². The van der Waals surface area contributed by atoms with E-state index in [1.54, 1.807) is 0 Å². The van der Waals surface area contributed by atoms with Crippen LogP contribution in [0.2, 0.25) is 0 Å². The van der Waals surface area contributed by atoms with E-state index in [0.717, 1.165) is 12.5 Å². The topological polar surface area (TPSA) is 15.6 Å². The second kappa shape index (κ2) is 7.79. The molecule has 0 unspecified atom stereocenters. The third-order valence-corrected chi connectivity index (χ3v) is 8.22. The minimum atomic E-state index is 0.468. The maximum Gasteiger partial charge on any atom is 0.165 e. The molecule has 1 aliphatic heterocycles. The molecule has 3 fully saturated rings. The second-order valence-electron chi connectivity index (χ2n) is 7.98. The molecule has 4 heteroatoms. The highest BCUT2D eigenvalue weighted by atomic mass is 127. The zero-order valence-corrected chi connectivity index (χ0v) is 18.2. The van der Waals surface area contributed by atoms with E-state index in [-0.39, 0.29) is 0 Å². The van der Waals surface area contributed by atoms with Crippen molar-refractivity contribution in [1.29, 1.82) is 0 Å². The summed E-state index contributed by atoms with van der Waals surface area (Å²) in [6.45, 7) is 3.51. The molecule has 1 aromatic rings. The maximum atomic E-state index is 5.26. The average Bonchev–Trinajstić information content (AvgIpc) is 3.33. The van der Waals surface area contributed by atoms with Crippen LogP contribution >= 0.6 is 34.4 Å². The van der Waals surface area contributed by atoms with Crippen molar-refractivity contribution < 1.29 is 0 Å². The number of nitrogens with zero attached hydrogens (tertiary/aromatic N) is 2. The van der Waals surface area contributed by atoms with Gasteiger partial charge in [0.05, 0.1) is 5.69 Å². The first-order valence-corrected chi connectivity index (χ1v) is 11.9. The number of thioether (sulfide) groups is 1. The van der Waals surface area contributed by atoms with Crippen molar-refractivity contribution in [2.75, 3.05) is 6.54 Å². The van der Waals surface area contributed by atoms with E-state index in [1.807, 2.05) is 0 Å². The Balaban J connectivity index is 1.67. The summed E-state index contributed by atoms with van der Waals surface area (Å²) in [4.78, 5) is 7.97. The Morgan fingerprint density at radius 1 is 1.20 bits per heavy atom. The number of halogens is 1. The number of benzene rings is 1. The summed E-state index contributed by atoms with van der Waals surface area (Å²) >= 11 is 4.54. The first-order chi connectivity index (χ1) is 12.2. The van der Waals surface area contributed by atoms with E-state index in [9.17, 15) is 0 Å². The van der Waals surface area contributed by atoms with Crippen molar-refractivity contribution in [3.8, 4) is 0 Å². The molecular weight excluding hydrogens is 439 g/mol. The van der Waals surface area contributed by atoms with Gasteiger partial charge in [0, 0.05) is 20.9 Å². The van der Waals surface area contributed by atoms with Gasteiger partial charge < -0.3 is 4.90 Å². The highest BCUT2D eigenvalue weighted by Gasteiger charge is 2.46. The van der Waals surface area contributed by atoms with Crippen molar-refractivity contribution >= 4 is 45.2 Å². The minimum Gasteiger partial charge on any atom is -0.347 e. The Bertz CT molecular complexity index is 645. The summed E-state index contributed by atoms with van der Waals surface area (Å²) in [6, 6.07) is 7.52. The number of aliphatic imine (C=N–C) groups is 1. The zero-order valence-electron chi connectivity index (χ0n) is 15.3. The number of amidine groups is 1. The van der Waals surface area contributed by atoms with Crippen LogP contribution in [0.5, 0.6) is 0 Å². The van der Waals surface area contributed by atoms with Crippen LogP contribution in [0.1, 0.15) is 70.3 Å². The van der Waals surface area contributed by atoms with Crippen LogP contribution in [-0.4, -0.2) is 27.4 Å². The summed E-state index contributed by atoms with van der Waals surface area (Å²) in [5.74, 6) is 0. The zero-order chi connectivity index (χ0) is 17.3. The smallest absolute Gasteiger partial charge is 0.165 e. The molecular formula is C21H29IN2S. The number of aryl methyl sites for hydroxylation is 1. The van der Waals surface area contributed by atoms with E-state index >= 15 is 0 Å². The van der Waals surface area contributed by atoms with Crippen LogP contribution in [0.3, 0.4) is 0 Å². The van der Waals surface area contributed by atoms with Crippen molar-refractivity contribution in [3.05, 3.63) is 27.3 Å². The quantitative estimate of drug-likeness (QED) is 0.467. The Kier molecular flexibility index (Phi) is 5.66. The highest BCUT2D eigenvalue weighted by Crippen LogP contribution is 2.50. The van der Waals surface area contributed by atoms with Gasteiger partial charge in [-0.2, -0.15) is 0 Å². The molecule has 1 heterocycles. The highest BCUT2D eigenvalue weighted by molar-refractivity contribution is 14.1. The third kappa shape index (κ3) is 3.90. The van der Waals surface area contributed by atoms with E-state index in [0.29, 0.717) is 4.75 Å². The molecule has 1 spiro atoms. The van der Waals surface area contributed by atoms with E-state index in [2.05, 4.69) is 64.4 Å². The normalized spacial score (nSPS) is 24.9. The molecule has 4 rings (SSSR count). The van der Waals surface area contributed by atoms with Gasteiger partial charge in [0.15, 0.2) is 5.17 Å². The predicted molar refractivity (Wildman–Crippen MR) is 118 cm³/mol. The lowest BCUT2D eigenvalue weighted by atomic mass is 10.1. The maximum absolute atomic E-state index is 5.26. The Morgan fingerprint density at radius 2 is 1.96 bits per heavy atom. The van der Waals surface area contributed by atoms with Gasteiger partial charge >= 0.3 is 0 Å². The average molecular weight is 468 g/mol. The molecule has 1 saturated heterocycles.